The number of nitrogens with one attached hydrogen (secondary N) is 2. The van der Waals surface area contributed by atoms with Gasteiger partial charge in [0.1, 0.15) is 12.3 Å². The van der Waals surface area contributed by atoms with Crippen LogP contribution in [0, 0.1) is 23.2 Å². The Morgan fingerprint density at radius 2 is 1.73 bits per heavy atom. The number of amides is 2. The fraction of sp³-hybridized carbons (Fsp3) is 0.625. The van der Waals surface area contributed by atoms with Gasteiger partial charge in [0, 0.05) is 11.6 Å². The van der Waals surface area contributed by atoms with Crippen molar-refractivity contribution in [1.82, 2.24) is 10.6 Å². The van der Waals surface area contributed by atoms with Gasteiger partial charge < -0.3 is 20.1 Å². The normalized spacial score (nSPS) is 28.3. The summed E-state index contributed by atoms with van der Waals surface area (Å²) in [5.41, 5.74) is 0.216. The van der Waals surface area contributed by atoms with E-state index in [1.165, 1.54) is 37.5 Å². The number of carbonyl (C=O) groups excluding carboxylic acids is 3. The van der Waals surface area contributed by atoms with E-state index in [0.29, 0.717) is 0 Å². The number of hydrogen-bond acceptors (Lipinski definition) is 5. The summed E-state index contributed by atoms with van der Waals surface area (Å²) in [7, 11) is 0. The number of benzene rings is 1. The van der Waals surface area contributed by atoms with Crippen LogP contribution in [0.2, 0.25) is 0 Å². The van der Waals surface area contributed by atoms with Gasteiger partial charge in [-0.15, -0.1) is 0 Å². The van der Waals surface area contributed by atoms with Gasteiger partial charge in [0.05, 0.1) is 0 Å². The molecule has 4 aliphatic carbocycles. The van der Waals surface area contributed by atoms with Crippen LogP contribution in [0.3, 0.4) is 0 Å². The predicted octanol–water partition coefficient (Wildman–Crippen LogP) is 3.28. The van der Waals surface area contributed by atoms with Crippen LogP contribution in [0.1, 0.15) is 55.8 Å². The Labute approximate surface area is 191 Å². The lowest BCUT2D eigenvalue weighted by atomic mass is 9.48. The average molecular weight is 465 g/mol. The molecule has 9 heteroatoms. The van der Waals surface area contributed by atoms with Gasteiger partial charge in [0.25, 0.3) is 11.8 Å². The molecule has 5 rings (SSSR count). The highest BCUT2D eigenvalue weighted by molar-refractivity contribution is 5.96. The Bertz CT molecular complexity index is 871. The molecule has 4 aliphatic rings. The number of alkyl halides is 2. The van der Waals surface area contributed by atoms with Crippen molar-refractivity contribution in [2.24, 2.45) is 23.2 Å². The van der Waals surface area contributed by atoms with Gasteiger partial charge in [-0.05, 0) is 86.8 Å². The van der Waals surface area contributed by atoms with E-state index in [1.54, 1.807) is 0 Å². The van der Waals surface area contributed by atoms with Crippen LogP contribution in [0.15, 0.2) is 24.3 Å². The molecule has 0 unspecified atom stereocenters. The van der Waals surface area contributed by atoms with E-state index in [4.69, 9.17) is 4.74 Å². The number of rotatable bonds is 9. The van der Waals surface area contributed by atoms with Crippen LogP contribution in [0.4, 0.5) is 8.78 Å². The summed E-state index contributed by atoms with van der Waals surface area (Å²) in [6.45, 7) is -1.81. The van der Waals surface area contributed by atoms with Gasteiger partial charge in [-0.2, -0.15) is 8.78 Å². The van der Waals surface area contributed by atoms with Crippen molar-refractivity contribution in [1.29, 1.82) is 0 Å². The smallest absolute Gasteiger partial charge is 0.387 e. The topological polar surface area (TPSA) is 93.7 Å². The molecule has 2 N–H and O–H groups in total. The number of ether oxygens (including phenoxy) is 2. The maximum absolute atomic E-state index is 12.4. The number of esters is 1. The largest absolute Gasteiger partial charge is 0.454 e. The van der Waals surface area contributed by atoms with Crippen molar-refractivity contribution in [2.45, 2.75) is 58.1 Å². The summed E-state index contributed by atoms with van der Waals surface area (Å²) in [6, 6.07) is 5.25. The van der Waals surface area contributed by atoms with Crippen LogP contribution in [-0.4, -0.2) is 43.6 Å². The average Bonchev–Trinajstić information content (AvgIpc) is 2.74. The second kappa shape index (κ2) is 9.65. The van der Waals surface area contributed by atoms with Crippen LogP contribution in [0.25, 0.3) is 0 Å². The Morgan fingerprint density at radius 1 is 1.09 bits per heavy atom. The highest BCUT2D eigenvalue weighted by Gasteiger charge is 2.53. The molecule has 4 fully saturated rings. The molecule has 2 amide bonds. The first kappa shape index (κ1) is 23.4. The molecule has 180 valence electrons. The molecule has 1 aromatic rings. The van der Waals surface area contributed by atoms with Crippen LogP contribution in [-0.2, 0) is 14.3 Å². The minimum absolute atomic E-state index is 0.0274. The monoisotopic (exact) mass is 464 g/mol. The minimum Gasteiger partial charge on any atom is -0.454 e. The Hall–Kier alpha value is -2.71. The van der Waals surface area contributed by atoms with E-state index in [1.807, 2.05) is 0 Å². The Morgan fingerprint density at radius 3 is 2.33 bits per heavy atom. The SMILES string of the molecule is C[C@@H](NC(=O)COC(=O)CNC(=O)c1cccc(OC(F)F)c1)C12CC3CC(CC(C3)C1)C2. The third kappa shape index (κ3) is 5.62. The predicted molar refractivity (Wildman–Crippen MR) is 115 cm³/mol. The molecular formula is C24H30F2N2O5. The minimum atomic E-state index is -3.00. The zero-order chi connectivity index (χ0) is 23.6. The second-order valence-electron chi connectivity index (χ2n) is 9.82. The molecule has 4 bridgehead atoms. The molecule has 33 heavy (non-hydrogen) atoms. The third-order valence-corrected chi connectivity index (χ3v) is 7.46. The van der Waals surface area contributed by atoms with E-state index >= 15 is 0 Å². The lowest BCUT2D eigenvalue weighted by Crippen LogP contribution is -2.56. The van der Waals surface area contributed by atoms with Gasteiger partial charge in [0.2, 0.25) is 0 Å². The lowest BCUT2D eigenvalue weighted by molar-refractivity contribution is -0.148. The van der Waals surface area contributed by atoms with Crippen molar-refractivity contribution in [3.8, 4) is 5.75 Å². The molecule has 0 aromatic heterocycles. The lowest BCUT2D eigenvalue weighted by Gasteiger charge is -2.59. The quantitative estimate of drug-likeness (QED) is 0.547. The summed E-state index contributed by atoms with van der Waals surface area (Å²) >= 11 is 0. The summed E-state index contributed by atoms with van der Waals surface area (Å²) in [4.78, 5) is 36.5. The van der Waals surface area contributed by atoms with Gasteiger partial charge in [-0.25, -0.2) is 0 Å². The van der Waals surface area contributed by atoms with E-state index in [2.05, 4.69) is 22.3 Å². The molecule has 4 saturated carbocycles. The first-order valence-corrected chi connectivity index (χ1v) is 11.5. The molecule has 0 spiro atoms. The van der Waals surface area contributed by atoms with Crippen LogP contribution < -0.4 is 15.4 Å². The molecular weight excluding hydrogens is 434 g/mol. The van der Waals surface area contributed by atoms with Crippen LogP contribution >= 0.6 is 0 Å². The summed E-state index contributed by atoms with van der Waals surface area (Å²) in [5.74, 6) is 0.409. The van der Waals surface area contributed by atoms with Crippen molar-refractivity contribution in [2.75, 3.05) is 13.2 Å². The molecule has 1 aromatic carbocycles. The maximum Gasteiger partial charge on any atom is 0.387 e. The molecule has 0 heterocycles. The molecule has 0 aliphatic heterocycles. The van der Waals surface area contributed by atoms with E-state index in [0.717, 1.165) is 43.1 Å². The number of carbonyl (C=O) groups is 3. The fourth-order valence-electron chi connectivity index (χ4n) is 6.41. The summed E-state index contributed by atoms with van der Waals surface area (Å²) < 4.78 is 33.9. The van der Waals surface area contributed by atoms with Gasteiger partial charge >= 0.3 is 12.6 Å². The fourth-order valence-corrected chi connectivity index (χ4v) is 6.41. The Balaban J connectivity index is 1.19. The van der Waals surface area contributed by atoms with Crippen molar-refractivity contribution in [3.05, 3.63) is 29.8 Å². The van der Waals surface area contributed by atoms with Gasteiger partial charge in [0.15, 0.2) is 6.61 Å². The first-order chi connectivity index (χ1) is 15.7. The van der Waals surface area contributed by atoms with Crippen molar-refractivity contribution in [3.63, 3.8) is 0 Å². The number of hydrogen-bond donors (Lipinski definition) is 2. The third-order valence-electron chi connectivity index (χ3n) is 7.46. The van der Waals surface area contributed by atoms with Crippen molar-refractivity contribution >= 4 is 17.8 Å². The zero-order valence-electron chi connectivity index (χ0n) is 18.7. The van der Waals surface area contributed by atoms with Crippen molar-refractivity contribution < 1.29 is 32.6 Å². The standard InChI is InChI=1S/C24H30F2N2O5/c1-14(24-9-15-5-16(10-24)7-17(6-15)11-24)28-20(29)13-32-21(30)12-27-22(31)18-3-2-4-19(8-18)33-23(25)26/h2-4,8,14-17,23H,5-7,9-13H2,1H3,(H,27,31)(H,28,29)/t14-,15?,16?,17?,24?/m1/s1. The molecule has 0 radical (unpaired) electrons. The van der Waals surface area contributed by atoms with Crippen LogP contribution in [0.5, 0.6) is 5.75 Å². The number of halogens is 2. The molecule has 7 nitrogen and oxygen atoms in total. The molecule has 0 saturated heterocycles. The Kier molecular flexibility index (Phi) is 6.86. The zero-order valence-corrected chi connectivity index (χ0v) is 18.7. The second-order valence-corrected chi connectivity index (χ2v) is 9.82. The maximum atomic E-state index is 12.4. The highest BCUT2D eigenvalue weighted by Crippen LogP contribution is 2.61. The first-order valence-electron chi connectivity index (χ1n) is 11.5. The van der Waals surface area contributed by atoms with E-state index < -0.39 is 31.6 Å². The highest BCUT2D eigenvalue weighted by atomic mass is 19.3. The molecule has 1 atom stereocenters. The van der Waals surface area contributed by atoms with E-state index in [9.17, 15) is 23.2 Å². The van der Waals surface area contributed by atoms with E-state index in [-0.39, 0.29) is 28.7 Å². The van der Waals surface area contributed by atoms with Gasteiger partial charge in [-0.1, -0.05) is 6.07 Å². The summed E-state index contributed by atoms with van der Waals surface area (Å²) in [6.07, 6.45) is 7.47. The summed E-state index contributed by atoms with van der Waals surface area (Å²) in [5, 5.41) is 5.37. The van der Waals surface area contributed by atoms with Gasteiger partial charge in [-0.3, -0.25) is 14.4 Å².